The first kappa shape index (κ1) is 11.6. The molecule has 94 valence electrons. The van der Waals surface area contributed by atoms with Gasteiger partial charge in [0.05, 0.1) is 0 Å². The van der Waals surface area contributed by atoms with Crippen molar-refractivity contribution in [2.75, 3.05) is 0 Å². The van der Waals surface area contributed by atoms with E-state index in [1.54, 1.807) is 0 Å². The van der Waals surface area contributed by atoms with Crippen LogP contribution in [0.5, 0.6) is 0 Å². The molecule has 0 N–H and O–H groups in total. The predicted molar refractivity (Wildman–Crippen MR) is 71.0 cm³/mol. The van der Waals surface area contributed by atoms with Crippen molar-refractivity contribution in [1.29, 1.82) is 0 Å². The van der Waals surface area contributed by atoms with E-state index in [-0.39, 0.29) is 6.04 Å². The van der Waals surface area contributed by atoms with Crippen LogP contribution in [-0.2, 0) is 6.54 Å². The molecule has 4 heteroatoms. The van der Waals surface area contributed by atoms with Crippen molar-refractivity contribution in [3.63, 3.8) is 0 Å². The molecule has 0 saturated carbocycles. The topological polar surface area (TPSA) is 52.0 Å². The van der Waals surface area contributed by atoms with Gasteiger partial charge in [0.25, 0.3) is 0 Å². The number of benzene rings is 1. The van der Waals surface area contributed by atoms with E-state index in [1.165, 1.54) is 18.4 Å². The SMILES string of the molecule is [N-]=[N+]=NC1CC2CCC(C1)N2Cc1ccccc1. The van der Waals surface area contributed by atoms with Gasteiger partial charge >= 0.3 is 0 Å². The summed E-state index contributed by atoms with van der Waals surface area (Å²) in [5.74, 6) is 0. The molecule has 2 aliphatic heterocycles. The quantitative estimate of drug-likeness (QED) is 0.454. The van der Waals surface area contributed by atoms with Gasteiger partial charge in [-0.3, -0.25) is 4.90 Å². The molecule has 2 bridgehead atoms. The summed E-state index contributed by atoms with van der Waals surface area (Å²) >= 11 is 0. The third kappa shape index (κ3) is 2.22. The molecule has 0 aliphatic carbocycles. The van der Waals surface area contributed by atoms with Crippen LogP contribution in [0.3, 0.4) is 0 Å². The molecule has 2 aliphatic rings. The Morgan fingerprint density at radius 3 is 2.44 bits per heavy atom. The number of fused-ring (bicyclic) bond motifs is 2. The van der Waals surface area contributed by atoms with Gasteiger partial charge in [-0.15, -0.1) is 0 Å². The average molecular weight is 242 g/mol. The first-order valence-electron chi connectivity index (χ1n) is 6.70. The number of rotatable bonds is 3. The molecule has 0 amide bonds. The molecule has 2 fully saturated rings. The van der Waals surface area contributed by atoms with Crippen LogP contribution < -0.4 is 0 Å². The molecule has 18 heavy (non-hydrogen) atoms. The van der Waals surface area contributed by atoms with Crippen LogP contribution in [0.2, 0.25) is 0 Å². The monoisotopic (exact) mass is 242 g/mol. The number of piperidine rings is 1. The highest BCUT2D eigenvalue weighted by molar-refractivity contribution is 5.15. The van der Waals surface area contributed by atoms with Gasteiger partial charge in [0, 0.05) is 29.6 Å². The van der Waals surface area contributed by atoms with Crippen molar-refractivity contribution >= 4 is 0 Å². The molecule has 1 aromatic carbocycles. The maximum Gasteiger partial charge on any atom is 0.0403 e. The van der Waals surface area contributed by atoms with Crippen molar-refractivity contribution in [3.8, 4) is 0 Å². The summed E-state index contributed by atoms with van der Waals surface area (Å²) in [6, 6.07) is 12.1. The van der Waals surface area contributed by atoms with Gasteiger partial charge in [0.1, 0.15) is 0 Å². The van der Waals surface area contributed by atoms with E-state index in [9.17, 15) is 0 Å². The molecular formula is C14H18N4. The van der Waals surface area contributed by atoms with Crippen LogP contribution in [0.1, 0.15) is 31.2 Å². The zero-order chi connectivity index (χ0) is 12.4. The Bertz CT molecular complexity index is 438. The molecule has 4 nitrogen and oxygen atoms in total. The molecule has 2 unspecified atom stereocenters. The van der Waals surface area contributed by atoms with Gasteiger partial charge in [0.2, 0.25) is 0 Å². The summed E-state index contributed by atoms with van der Waals surface area (Å²) in [7, 11) is 0. The lowest BCUT2D eigenvalue weighted by Gasteiger charge is -2.37. The zero-order valence-corrected chi connectivity index (χ0v) is 10.4. The Hall–Kier alpha value is -1.51. The van der Waals surface area contributed by atoms with Crippen LogP contribution in [0.25, 0.3) is 10.4 Å². The van der Waals surface area contributed by atoms with E-state index in [4.69, 9.17) is 5.53 Å². The third-order valence-corrected chi connectivity index (χ3v) is 4.28. The molecule has 2 saturated heterocycles. The fourth-order valence-corrected chi connectivity index (χ4v) is 3.47. The molecule has 0 spiro atoms. The Morgan fingerprint density at radius 1 is 1.17 bits per heavy atom. The van der Waals surface area contributed by atoms with E-state index in [0.29, 0.717) is 12.1 Å². The van der Waals surface area contributed by atoms with Gasteiger partial charge in [0.15, 0.2) is 0 Å². The lowest BCUT2D eigenvalue weighted by Crippen LogP contribution is -2.43. The van der Waals surface area contributed by atoms with Crippen molar-refractivity contribution in [1.82, 2.24) is 4.90 Å². The molecule has 0 aromatic heterocycles. The maximum absolute atomic E-state index is 8.56. The molecule has 3 rings (SSSR count). The summed E-state index contributed by atoms with van der Waals surface area (Å²) in [6.07, 6.45) is 4.59. The number of nitrogens with zero attached hydrogens (tertiary/aromatic N) is 4. The maximum atomic E-state index is 8.56. The Labute approximate surface area is 107 Å². The van der Waals surface area contributed by atoms with E-state index in [2.05, 4.69) is 45.3 Å². The van der Waals surface area contributed by atoms with Gasteiger partial charge in [-0.2, -0.15) is 0 Å². The highest BCUT2D eigenvalue weighted by Gasteiger charge is 2.39. The highest BCUT2D eigenvalue weighted by Crippen LogP contribution is 2.37. The Kier molecular flexibility index (Phi) is 3.22. The fourth-order valence-electron chi connectivity index (χ4n) is 3.47. The summed E-state index contributed by atoms with van der Waals surface area (Å²) in [5, 5.41) is 3.92. The fraction of sp³-hybridized carbons (Fsp3) is 0.571. The van der Waals surface area contributed by atoms with Gasteiger partial charge in [-0.1, -0.05) is 35.4 Å². The molecule has 0 radical (unpaired) electrons. The number of hydrogen-bond donors (Lipinski definition) is 0. The first-order chi connectivity index (χ1) is 8.86. The highest BCUT2D eigenvalue weighted by atomic mass is 15.2. The van der Waals surface area contributed by atoms with Gasteiger partial charge < -0.3 is 0 Å². The predicted octanol–water partition coefficient (Wildman–Crippen LogP) is 3.49. The molecular weight excluding hydrogens is 224 g/mol. The standard InChI is InChI=1S/C14H18N4/c15-17-16-12-8-13-6-7-14(9-12)18(13)10-11-4-2-1-3-5-11/h1-5,12-14H,6-10H2. The van der Waals surface area contributed by atoms with Crippen LogP contribution in [0, 0.1) is 0 Å². The lowest BCUT2D eigenvalue weighted by atomic mass is 9.97. The summed E-state index contributed by atoms with van der Waals surface area (Å²) in [5.41, 5.74) is 9.94. The Balaban J connectivity index is 1.70. The smallest absolute Gasteiger partial charge is 0.0403 e. The van der Waals surface area contributed by atoms with Gasteiger partial charge in [-0.05, 0) is 36.8 Å². The molecule has 2 heterocycles. The van der Waals surface area contributed by atoms with Crippen LogP contribution in [0.4, 0.5) is 0 Å². The Morgan fingerprint density at radius 2 is 1.83 bits per heavy atom. The van der Waals surface area contributed by atoms with Crippen molar-refractivity contribution < 1.29 is 0 Å². The van der Waals surface area contributed by atoms with Crippen molar-refractivity contribution in [2.24, 2.45) is 5.11 Å². The largest absolute Gasteiger partial charge is 0.293 e. The minimum Gasteiger partial charge on any atom is -0.293 e. The average Bonchev–Trinajstić information content (AvgIpc) is 2.63. The number of hydrogen-bond acceptors (Lipinski definition) is 2. The van der Waals surface area contributed by atoms with Crippen LogP contribution in [0.15, 0.2) is 35.4 Å². The summed E-state index contributed by atoms with van der Waals surface area (Å²) in [6.45, 7) is 1.04. The lowest BCUT2D eigenvalue weighted by molar-refractivity contribution is 0.120. The second-order valence-corrected chi connectivity index (χ2v) is 5.37. The normalized spacial score (nSPS) is 31.0. The van der Waals surface area contributed by atoms with Gasteiger partial charge in [-0.25, -0.2) is 0 Å². The van der Waals surface area contributed by atoms with E-state index in [0.717, 1.165) is 19.4 Å². The molecule has 1 aromatic rings. The second kappa shape index (κ2) is 5.01. The third-order valence-electron chi connectivity index (χ3n) is 4.28. The zero-order valence-electron chi connectivity index (χ0n) is 10.4. The van der Waals surface area contributed by atoms with E-state index in [1.807, 2.05) is 0 Å². The van der Waals surface area contributed by atoms with Crippen LogP contribution >= 0.6 is 0 Å². The first-order valence-corrected chi connectivity index (χ1v) is 6.70. The minimum absolute atomic E-state index is 0.222. The van der Waals surface area contributed by atoms with Crippen molar-refractivity contribution in [3.05, 3.63) is 46.3 Å². The van der Waals surface area contributed by atoms with Crippen LogP contribution in [-0.4, -0.2) is 23.0 Å². The summed E-state index contributed by atoms with van der Waals surface area (Å²) in [4.78, 5) is 5.58. The van der Waals surface area contributed by atoms with Crippen molar-refractivity contribution in [2.45, 2.75) is 50.4 Å². The number of azide groups is 1. The van der Waals surface area contributed by atoms with E-state index < -0.39 is 0 Å². The summed E-state index contributed by atoms with van der Waals surface area (Å²) < 4.78 is 0. The molecule has 2 atom stereocenters. The van der Waals surface area contributed by atoms with E-state index >= 15 is 0 Å². The second-order valence-electron chi connectivity index (χ2n) is 5.37. The minimum atomic E-state index is 0.222.